The number of rotatable bonds is 7. The van der Waals surface area contributed by atoms with E-state index in [1.165, 1.54) is 30.0 Å². The molecular formula is C17H18ClF2NOS. The zero-order valence-electron chi connectivity index (χ0n) is 12.7. The Morgan fingerprint density at radius 1 is 1.13 bits per heavy atom. The van der Waals surface area contributed by atoms with Crippen molar-refractivity contribution in [3.8, 4) is 11.5 Å². The van der Waals surface area contributed by atoms with E-state index in [4.69, 9.17) is 22.1 Å². The lowest BCUT2D eigenvalue weighted by atomic mass is 10.1. The smallest absolute Gasteiger partial charge is 0.167 e. The summed E-state index contributed by atoms with van der Waals surface area (Å²) in [7, 11) is 0. The first-order valence-corrected chi connectivity index (χ1v) is 8.69. The van der Waals surface area contributed by atoms with Gasteiger partial charge in [0.1, 0.15) is 11.6 Å². The first-order valence-electron chi connectivity index (χ1n) is 7.33. The van der Waals surface area contributed by atoms with Gasteiger partial charge in [-0.2, -0.15) is 0 Å². The van der Waals surface area contributed by atoms with Crippen molar-refractivity contribution in [3.05, 3.63) is 52.6 Å². The van der Waals surface area contributed by atoms with Crippen LogP contribution in [0.3, 0.4) is 0 Å². The maximum Gasteiger partial charge on any atom is 0.167 e. The van der Waals surface area contributed by atoms with Crippen molar-refractivity contribution < 1.29 is 13.5 Å². The molecule has 2 N–H and O–H groups in total. The molecule has 0 spiro atoms. The molecule has 2 nitrogen and oxygen atoms in total. The molecule has 2 rings (SSSR count). The standard InChI is InChI=1S/C17H18ClF2NOS/c1-2-7-23-17-10-16(11(5-6-21)8-14(17)20)22-15-4-3-12(18)9-13(15)19/h3-4,8-10H,2,5-7,21H2,1H3. The third-order valence-electron chi connectivity index (χ3n) is 3.10. The van der Waals surface area contributed by atoms with Gasteiger partial charge in [0.25, 0.3) is 0 Å². The van der Waals surface area contributed by atoms with E-state index < -0.39 is 5.82 Å². The molecule has 0 atom stereocenters. The van der Waals surface area contributed by atoms with E-state index in [0.29, 0.717) is 29.2 Å². The van der Waals surface area contributed by atoms with Gasteiger partial charge in [0, 0.05) is 9.92 Å². The maximum absolute atomic E-state index is 14.1. The first-order chi connectivity index (χ1) is 11.0. The van der Waals surface area contributed by atoms with E-state index in [9.17, 15) is 8.78 Å². The van der Waals surface area contributed by atoms with Gasteiger partial charge in [-0.25, -0.2) is 8.78 Å². The summed E-state index contributed by atoms with van der Waals surface area (Å²) >= 11 is 7.14. The van der Waals surface area contributed by atoms with Crippen molar-refractivity contribution >= 4 is 23.4 Å². The number of hydrogen-bond acceptors (Lipinski definition) is 3. The Hall–Kier alpha value is -1.30. The summed E-state index contributed by atoms with van der Waals surface area (Å²) in [6.07, 6.45) is 1.37. The first kappa shape index (κ1) is 18.0. The average molecular weight is 358 g/mol. The molecule has 0 aliphatic carbocycles. The molecule has 0 saturated heterocycles. The van der Waals surface area contributed by atoms with Gasteiger partial charge in [-0.05, 0) is 61.0 Å². The lowest BCUT2D eigenvalue weighted by Crippen LogP contribution is -2.05. The second-order valence-electron chi connectivity index (χ2n) is 4.95. The van der Waals surface area contributed by atoms with E-state index in [0.717, 1.165) is 12.2 Å². The molecule has 0 aromatic heterocycles. The van der Waals surface area contributed by atoms with Crippen LogP contribution < -0.4 is 10.5 Å². The Kier molecular flexibility index (Phi) is 6.69. The van der Waals surface area contributed by atoms with Gasteiger partial charge in [0.2, 0.25) is 0 Å². The normalized spacial score (nSPS) is 10.8. The summed E-state index contributed by atoms with van der Waals surface area (Å²) in [4.78, 5) is 0.483. The average Bonchev–Trinajstić information content (AvgIpc) is 2.51. The van der Waals surface area contributed by atoms with Crippen molar-refractivity contribution in [2.45, 2.75) is 24.7 Å². The van der Waals surface area contributed by atoms with Gasteiger partial charge in [-0.15, -0.1) is 11.8 Å². The topological polar surface area (TPSA) is 35.2 Å². The largest absolute Gasteiger partial charge is 0.454 e. The predicted molar refractivity (Wildman–Crippen MR) is 91.7 cm³/mol. The number of nitrogens with two attached hydrogens (primary N) is 1. The van der Waals surface area contributed by atoms with Gasteiger partial charge < -0.3 is 10.5 Å². The number of benzene rings is 2. The van der Waals surface area contributed by atoms with Crippen LogP contribution in [0, 0.1) is 11.6 Å². The minimum absolute atomic E-state index is 0.0470. The lowest BCUT2D eigenvalue weighted by Gasteiger charge is -2.14. The molecule has 6 heteroatoms. The Balaban J connectivity index is 2.37. The fourth-order valence-corrected chi connectivity index (χ4v) is 2.99. The van der Waals surface area contributed by atoms with Crippen LogP contribution in [0.4, 0.5) is 8.78 Å². The molecule has 0 unspecified atom stereocenters. The highest BCUT2D eigenvalue weighted by molar-refractivity contribution is 7.99. The molecule has 0 amide bonds. The second kappa shape index (κ2) is 8.52. The van der Waals surface area contributed by atoms with Crippen molar-refractivity contribution in [2.75, 3.05) is 12.3 Å². The zero-order valence-corrected chi connectivity index (χ0v) is 14.3. The van der Waals surface area contributed by atoms with Crippen LogP contribution in [0.1, 0.15) is 18.9 Å². The summed E-state index contributed by atoms with van der Waals surface area (Å²) in [6.45, 7) is 2.37. The van der Waals surface area contributed by atoms with Crippen LogP contribution in [0.25, 0.3) is 0 Å². The number of hydrogen-bond donors (Lipinski definition) is 1. The third-order valence-corrected chi connectivity index (χ3v) is 4.58. The zero-order chi connectivity index (χ0) is 16.8. The molecule has 23 heavy (non-hydrogen) atoms. The van der Waals surface area contributed by atoms with E-state index in [2.05, 4.69) is 0 Å². The minimum atomic E-state index is -0.566. The summed E-state index contributed by atoms with van der Waals surface area (Å²) in [5.41, 5.74) is 6.18. The number of ether oxygens (including phenoxy) is 1. The van der Waals surface area contributed by atoms with Crippen molar-refractivity contribution in [1.29, 1.82) is 0 Å². The maximum atomic E-state index is 14.1. The van der Waals surface area contributed by atoms with Crippen molar-refractivity contribution in [2.24, 2.45) is 5.73 Å². The second-order valence-corrected chi connectivity index (χ2v) is 6.53. The van der Waals surface area contributed by atoms with Gasteiger partial charge in [-0.3, -0.25) is 0 Å². The molecule has 0 bridgehead atoms. The molecule has 0 aliphatic heterocycles. The summed E-state index contributed by atoms with van der Waals surface area (Å²) in [5.74, 6) is 0.378. The van der Waals surface area contributed by atoms with Gasteiger partial charge in [-0.1, -0.05) is 18.5 Å². The Labute approximate surface area is 144 Å². The number of thioether (sulfide) groups is 1. The molecule has 124 valence electrons. The highest BCUT2D eigenvalue weighted by Crippen LogP contribution is 2.34. The molecule has 2 aromatic carbocycles. The molecule has 0 saturated carbocycles. The van der Waals surface area contributed by atoms with Crippen LogP contribution in [0.2, 0.25) is 5.02 Å². The van der Waals surface area contributed by atoms with Gasteiger partial charge >= 0.3 is 0 Å². The number of halogens is 3. The molecule has 2 aromatic rings. The molecule has 0 radical (unpaired) electrons. The lowest BCUT2D eigenvalue weighted by molar-refractivity contribution is 0.434. The predicted octanol–water partition coefficient (Wildman–Crippen LogP) is 5.41. The summed E-state index contributed by atoms with van der Waals surface area (Å²) in [6, 6.07) is 7.18. The monoisotopic (exact) mass is 357 g/mol. The van der Waals surface area contributed by atoms with Gasteiger partial charge in [0.05, 0.1) is 0 Å². The van der Waals surface area contributed by atoms with E-state index >= 15 is 0 Å². The van der Waals surface area contributed by atoms with Gasteiger partial charge in [0.15, 0.2) is 11.6 Å². The van der Waals surface area contributed by atoms with Crippen molar-refractivity contribution in [3.63, 3.8) is 0 Å². The Morgan fingerprint density at radius 2 is 1.91 bits per heavy atom. The molecule has 0 aliphatic rings. The Morgan fingerprint density at radius 3 is 2.57 bits per heavy atom. The minimum Gasteiger partial charge on any atom is -0.454 e. The highest BCUT2D eigenvalue weighted by Gasteiger charge is 2.14. The fraction of sp³-hybridized carbons (Fsp3) is 0.294. The van der Waals surface area contributed by atoms with Crippen LogP contribution in [0.15, 0.2) is 35.2 Å². The van der Waals surface area contributed by atoms with Crippen LogP contribution >= 0.6 is 23.4 Å². The van der Waals surface area contributed by atoms with Crippen molar-refractivity contribution in [1.82, 2.24) is 0 Å². The quantitative estimate of drug-likeness (QED) is 0.672. The van der Waals surface area contributed by atoms with Crippen LogP contribution in [-0.2, 0) is 6.42 Å². The van der Waals surface area contributed by atoms with Crippen LogP contribution in [0.5, 0.6) is 11.5 Å². The highest BCUT2D eigenvalue weighted by atomic mass is 35.5. The van der Waals surface area contributed by atoms with Crippen LogP contribution in [-0.4, -0.2) is 12.3 Å². The molecular weight excluding hydrogens is 340 g/mol. The summed E-state index contributed by atoms with van der Waals surface area (Å²) in [5, 5.41) is 0.287. The Bertz CT molecular complexity index is 682. The molecule has 0 fully saturated rings. The van der Waals surface area contributed by atoms with E-state index in [-0.39, 0.29) is 16.6 Å². The summed E-state index contributed by atoms with van der Waals surface area (Å²) < 4.78 is 33.7. The third kappa shape index (κ3) is 4.83. The molecule has 0 heterocycles. The van der Waals surface area contributed by atoms with E-state index in [1.54, 1.807) is 12.1 Å². The fourth-order valence-electron chi connectivity index (χ4n) is 2.02. The SMILES string of the molecule is CCCSc1cc(Oc2ccc(Cl)cc2F)c(CCN)cc1F. The van der Waals surface area contributed by atoms with E-state index in [1.807, 2.05) is 6.92 Å².